The van der Waals surface area contributed by atoms with E-state index in [2.05, 4.69) is 28.1 Å². The van der Waals surface area contributed by atoms with E-state index in [1.165, 1.54) is 4.88 Å². The molecule has 6 heteroatoms. The van der Waals surface area contributed by atoms with Gasteiger partial charge in [-0.15, -0.1) is 11.3 Å². The third-order valence-corrected chi connectivity index (χ3v) is 5.15. The Hall–Kier alpha value is -1.55. The maximum atomic E-state index is 11.2. The average molecular weight is 334 g/mol. The second-order valence-corrected chi connectivity index (χ2v) is 7.95. The SMILES string of the molecule is CC(C)(O)C#Cc1ccc(CN2CCC3(CC2)CNC(=O)O3)s1. The van der Waals surface area contributed by atoms with Crippen LogP contribution in [-0.2, 0) is 11.3 Å². The Morgan fingerprint density at radius 2 is 2.17 bits per heavy atom. The summed E-state index contributed by atoms with van der Waals surface area (Å²) in [4.78, 5) is 15.9. The summed E-state index contributed by atoms with van der Waals surface area (Å²) in [5, 5.41) is 12.4. The van der Waals surface area contributed by atoms with Crippen molar-refractivity contribution in [1.29, 1.82) is 0 Å². The lowest BCUT2D eigenvalue weighted by Crippen LogP contribution is -2.46. The number of thiophene rings is 1. The first kappa shape index (κ1) is 16.3. The van der Waals surface area contributed by atoms with E-state index in [1.54, 1.807) is 25.2 Å². The molecule has 1 aromatic rings. The van der Waals surface area contributed by atoms with Crippen molar-refractivity contribution in [2.24, 2.45) is 0 Å². The number of aliphatic hydroxyl groups is 1. The third kappa shape index (κ3) is 4.25. The number of amides is 1. The minimum absolute atomic E-state index is 0.285. The second-order valence-electron chi connectivity index (χ2n) is 6.78. The fourth-order valence-corrected chi connectivity index (χ4v) is 3.77. The van der Waals surface area contributed by atoms with Gasteiger partial charge in [0.2, 0.25) is 0 Å². The third-order valence-electron chi connectivity index (χ3n) is 4.16. The standard InChI is InChI=1S/C17H22N2O3S/c1-16(2,21)6-5-13-3-4-14(23-13)11-19-9-7-17(8-10-19)12-18-15(20)22-17/h3-4,21H,7-12H2,1-2H3,(H,18,20). The van der Waals surface area contributed by atoms with Gasteiger partial charge in [-0.2, -0.15) is 0 Å². The van der Waals surface area contributed by atoms with Crippen molar-refractivity contribution in [1.82, 2.24) is 10.2 Å². The summed E-state index contributed by atoms with van der Waals surface area (Å²) >= 11 is 1.67. The second kappa shape index (κ2) is 6.16. The molecule has 3 rings (SSSR count). The van der Waals surface area contributed by atoms with Crippen molar-refractivity contribution < 1.29 is 14.6 Å². The molecule has 2 aliphatic rings. The summed E-state index contributed by atoms with van der Waals surface area (Å²) in [5.41, 5.74) is -1.25. The molecule has 5 nitrogen and oxygen atoms in total. The number of nitrogens with one attached hydrogen (secondary N) is 1. The summed E-state index contributed by atoms with van der Waals surface area (Å²) in [5.74, 6) is 5.86. The van der Waals surface area contributed by atoms with Crippen LogP contribution in [0.3, 0.4) is 0 Å². The fraction of sp³-hybridized carbons (Fsp3) is 0.588. The van der Waals surface area contributed by atoms with E-state index in [0.717, 1.165) is 37.4 Å². The molecule has 0 aromatic carbocycles. The van der Waals surface area contributed by atoms with Gasteiger partial charge in [-0.3, -0.25) is 4.90 Å². The molecular formula is C17H22N2O3S. The molecule has 23 heavy (non-hydrogen) atoms. The number of rotatable bonds is 2. The average Bonchev–Trinajstić information content (AvgIpc) is 3.06. The van der Waals surface area contributed by atoms with E-state index in [1.807, 2.05) is 6.07 Å². The highest BCUT2D eigenvalue weighted by atomic mass is 32.1. The highest BCUT2D eigenvalue weighted by molar-refractivity contribution is 7.12. The van der Waals surface area contributed by atoms with Crippen molar-refractivity contribution in [2.75, 3.05) is 19.6 Å². The molecular weight excluding hydrogens is 312 g/mol. The molecule has 3 heterocycles. The van der Waals surface area contributed by atoms with E-state index < -0.39 is 5.60 Å². The van der Waals surface area contributed by atoms with E-state index in [9.17, 15) is 9.90 Å². The Labute approximate surface area is 140 Å². The molecule has 0 atom stereocenters. The lowest BCUT2D eigenvalue weighted by Gasteiger charge is -2.36. The van der Waals surface area contributed by atoms with Gasteiger partial charge in [0.1, 0.15) is 11.2 Å². The van der Waals surface area contributed by atoms with Crippen LogP contribution in [0.4, 0.5) is 4.79 Å². The maximum absolute atomic E-state index is 11.2. The Bertz CT molecular complexity index is 643. The number of carbonyl (C=O) groups excluding carboxylic acids is 1. The minimum Gasteiger partial charge on any atom is -0.441 e. The summed E-state index contributed by atoms with van der Waals surface area (Å²) in [6, 6.07) is 4.10. The highest BCUT2D eigenvalue weighted by Crippen LogP contribution is 2.30. The van der Waals surface area contributed by atoms with Crippen LogP contribution in [0.15, 0.2) is 12.1 Å². The zero-order chi connectivity index (χ0) is 16.5. The Kier molecular flexibility index (Phi) is 4.37. The number of hydrogen-bond acceptors (Lipinski definition) is 5. The molecule has 0 aliphatic carbocycles. The number of alkyl carbamates (subject to hydrolysis) is 1. The predicted octanol–water partition coefficient (Wildman–Crippen LogP) is 1.94. The van der Waals surface area contributed by atoms with Gasteiger partial charge in [0.05, 0.1) is 11.4 Å². The number of hydrogen-bond donors (Lipinski definition) is 2. The number of piperidine rings is 1. The van der Waals surface area contributed by atoms with Gasteiger partial charge >= 0.3 is 6.09 Å². The van der Waals surface area contributed by atoms with Crippen molar-refractivity contribution in [3.05, 3.63) is 21.9 Å². The topological polar surface area (TPSA) is 61.8 Å². The largest absolute Gasteiger partial charge is 0.441 e. The zero-order valence-electron chi connectivity index (χ0n) is 13.5. The van der Waals surface area contributed by atoms with Crippen LogP contribution in [0.5, 0.6) is 0 Å². The van der Waals surface area contributed by atoms with Gasteiger partial charge in [-0.25, -0.2) is 4.79 Å². The Morgan fingerprint density at radius 1 is 1.43 bits per heavy atom. The first-order valence-electron chi connectivity index (χ1n) is 7.87. The van der Waals surface area contributed by atoms with Gasteiger partial charge < -0.3 is 15.2 Å². The zero-order valence-corrected chi connectivity index (χ0v) is 14.3. The van der Waals surface area contributed by atoms with Gasteiger partial charge in [-0.1, -0.05) is 11.8 Å². The normalized spacial score (nSPS) is 20.7. The fourth-order valence-electron chi connectivity index (χ4n) is 2.86. The monoisotopic (exact) mass is 334 g/mol. The summed E-state index contributed by atoms with van der Waals surface area (Å²) in [6.45, 7) is 6.75. The van der Waals surface area contributed by atoms with Crippen LogP contribution in [0.2, 0.25) is 0 Å². The van der Waals surface area contributed by atoms with E-state index in [0.29, 0.717) is 6.54 Å². The van der Waals surface area contributed by atoms with Crippen molar-refractivity contribution in [3.8, 4) is 11.8 Å². The lowest BCUT2D eigenvalue weighted by molar-refractivity contribution is -0.000792. The number of carbonyl (C=O) groups is 1. The molecule has 0 saturated carbocycles. The van der Waals surface area contributed by atoms with Crippen LogP contribution >= 0.6 is 11.3 Å². The van der Waals surface area contributed by atoms with E-state index in [-0.39, 0.29) is 11.7 Å². The summed E-state index contributed by atoms with van der Waals surface area (Å²) in [7, 11) is 0. The first-order chi connectivity index (χ1) is 10.8. The Morgan fingerprint density at radius 3 is 2.78 bits per heavy atom. The van der Waals surface area contributed by atoms with Crippen molar-refractivity contribution in [3.63, 3.8) is 0 Å². The molecule has 2 fully saturated rings. The van der Waals surface area contributed by atoms with Gasteiger partial charge in [0.15, 0.2) is 0 Å². The predicted molar refractivity (Wildman–Crippen MR) is 89.2 cm³/mol. The number of likely N-dealkylation sites (tertiary alicyclic amines) is 1. The first-order valence-corrected chi connectivity index (χ1v) is 8.69. The van der Waals surface area contributed by atoms with Gasteiger partial charge in [-0.05, 0) is 26.0 Å². The molecule has 124 valence electrons. The quantitative estimate of drug-likeness (QED) is 0.812. The molecule has 2 N–H and O–H groups in total. The van der Waals surface area contributed by atoms with E-state index in [4.69, 9.17) is 4.74 Å². The molecule has 1 spiro atoms. The van der Waals surface area contributed by atoms with Crippen LogP contribution in [0.25, 0.3) is 0 Å². The molecule has 2 saturated heterocycles. The summed E-state index contributed by atoms with van der Waals surface area (Å²) < 4.78 is 5.44. The maximum Gasteiger partial charge on any atom is 0.407 e. The van der Waals surface area contributed by atoms with Gasteiger partial charge in [0, 0.05) is 37.4 Å². The smallest absolute Gasteiger partial charge is 0.407 e. The molecule has 1 amide bonds. The molecule has 0 radical (unpaired) electrons. The van der Waals surface area contributed by atoms with Crippen molar-refractivity contribution >= 4 is 17.4 Å². The number of ether oxygens (including phenoxy) is 1. The molecule has 2 aliphatic heterocycles. The highest BCUT2D eigenvalue weighted by Gasteiger charge is 2.42. The van der Waals surface area contributed by atoms with Crippen LogP contribution in [0.1, 0.15) is 36.4 Å². The van der Waals surface area contributed by atoms with Crippen LogP contribution in [0, 0.1) is 11.8 Å². The van der Waals surface area contributed by atoms with Crippen LogP contribution in [-0.4, -0.2) is 46.9 Å². The summed E-state index contributed by atoms with van der Waals surface area (Å²) in [6.07, 6.45) is 1.47. The van der Waals surface area contributed by atoms with Crippen molar-refractivity contribution in [2.45, 2.75) is 44.4 Å². The molecule has 0 bridgehead atoms. The molecule has 1 aromatic heterocycles. The van der Waals surface area contributed by atoms with E-state index >= 15 is 0 Å². The lowest BCUT2D eigenvalue weighted by atomic mass is 9.92. The molecule has 0 unspecified atom stereocenters. The Balaban J connectivity index is 1.54. The van der Waals surface area contributed by atoms with Gasteiger partial charge in [0.25, 0.3) is 0 Å². The van der Waals surface area contributed by atoms with Crippen LogP contribution < -0.4 is 5.32 Å². The number of nitrogens with zero attached hydrogens (tertiary/aromatic N) is 1. The minimum atomic E-state index is -0.960.